The van der Waals surface area contributed by atoms with Crippen LogP contribution in [0.5, 0.6) is 0 Å². The Morgan fingerprint density at radius 3 is 2.91 bits per heavy atom. The molecule has 0 saturated carbocycles. The lowest BCUT2D eigenvalue weighted by Gasteiger charge is -2.35. The van der Waals surface area contributed by atoms with Crippen LogP contribution in [0.15, 0.2) is 27.5 Å². The van der Waals surface area contributed by atoms with Crippen LogP contribution in [0.4, 0.5) is 0 Å². The van der Waals surface area contributed by atoms with E-state index in [9.17, 15) is 4.79 Å². The van der Waals surface area contributed by atoms with E-state index in [1.807, 2.05) is 29.7 Å². The van der Waals surface area contributed by atoms with Crippen LogP contribution in [-0.2, 0) is 6.54 Å². The van der Waals surface area contributed by atoms with Gasteiger partial charge in [-0.15, -0.1) is 0 Å². The summed E-state index contributed by atoms with van der Waals surface area (Å²) in [4.78, 5) is 20.0. The number of aromatic nitrogens is 2. The molecule has 1 aromatic heterocycles. The number of piperidine rings is 1. The highest BCUT2D eigenvalue weighted by Crippen LogP contribution is 2.21. The first-order chi connectivity index (χ1) is 11.0. The first kappa shape index (κ1) is 16.7. The molecule has 0 N–H and O–H groups in total. The summed E-state index contributed by atoms with van der Waals surface area (Å²) in [6.45, 7) is 9.43. The van der Waals surface area contributed by atoms with Crippen LogP contribution in [0, 0.1) is 12.8 Å². The number of fused-ring (bicyclic) bond motifs is 1. The second-order valence-electron chi connectivity index (χ2n) is 6.83. The maximum absolute atomic E-state index is 12.9. The zero-order valence-corrected chi connectivity index (χ0v) is 15.6. The molecule has 1 saturated heterocycles. The van der Waals surface area contributed by atoms with Crippen molar-refractivity contribution in [2.24, 2.45) is 5.92 Å². The number of halogens is 1. The van der Waals surface area contributed by atoms with Gasteiger partial charge in [0.2, 0.25) is 0 Å². The minimum atomic E-state index is 0.0791. The molecule has 1 fully saturated rings. The van der Waals surface area contributed by atoms with E-state index < -0.39 is 0 Å². The molecular formula is C18H24BrN3O. The minimum absolute atomic E-state index is 0.0791. The van der Waals surface area contributed by atoms with Gasteiger partial charge in [0, 0.05) is 23.6 Å². The first-order valence-electron chi connectivity index (χ1n) is 8.36. The lowest BCUT2D eigenvalue weighted by molar-refractivity contribution is 0.129. The number of aryl methyl sites for hydroxylation is 1. The number of rotatable bonds is 3. The number of hydrogen-bond donors (Lipinski definition) is 0. The Morgan fingerprint density at radius 2 is 2.17 bits per heavy atom. The third-order valence-corrected chi connectivity index (χ3v) is 5.32. The van der Waals surface area contributed by atoms with E-state index in [-0.39, 0.29) is 5.56 Å². The van der Waals surface area contributed by atoms with Gasteiger partial charge in [-0.2, -0.15) is 0 Å². The van der Waals surface area contributed by atoms with Crippen molar-refractivity contribution in [2.75, 3.05) is 13.1 Å². The fourth-order valence-electron chi connectivity index (χ4n) is 3.49. The van der Waals surface area contributed by atoms with E-state index in [1.165, 1.54) is 19.4 Å². The molecule has 0 radical (unpaired) electrons. The predicted molar refractivity (Wildman–Crippen MR) is 97.9 cm³/mol. The summed E-state index contributed by atoms with van der Waals surface area (Å²) in [6.07, 6.45) is 2.40. The Hall–Kier alpha value is -1.20. The molecule has 124 valence electrons. The van der Waals surface area contributed by atoms with Crippen molar-refractivity contribution in [3.8, 4) is 0 Å². The molecule has 5 heteroatoms. The van der Waals surface area contributed by atoms with Gasteiger partial charge in [-0.1, -0.05) is 15.9 Å². The molecule has 1 aliphatic rings. The van der Waals surface area contributed by atoms with E-state index in [4.69, 9.17) is 0 Å². The lowest BCUT2D eigenvalue weighted by Crippen LogP contribution is -2.42. The van der Waals surface area contributed by atoms with E-state index in [1.54, 1.807) is 0 Å². The topological polar surface area (TPSA) is 38.1 Å². The summed E-state index contributed by atoms with van der Waals surface area (Å²) in [5, 5.41) is 0.696. The van der Waals surface area contributed by atoms with Crippen molar-refractivity contribution < 1.29 is 0 Å². The molecule has 2 aromatic rings. The largest absolute Gasteiger partial charge is 0.301 e. The Bertz CT molecular complexity index is 769. The maximum Gasteiger partial charge on any atom is 0.261 e. The van der Waals surface area contributed by atoms with Crippen LogP contribution in [0.25, 0.3) is 10.9 Å². The summed E-state index contributed by atoms with van der Waals surface area (Å²) < 4.78 is 2.78. The molecule has 2 heterocycles. The second kappa shape index (κ2) is 6.73. The Kier molecular flexibility index (Phi) is 4.87. The standard InChI is InChI=1S/C18H24BrN3O/c1-12(2)21-8-4-5-14(10-21)11-22-13(3)20-17-7-6-15(19)9-16(17)18(22)23/h6-7,9,12,14H,4-5,8,10-11H2,1-3H3. The summed E-state index contributed by atoms with van der Waals surface area (Å²) in [5.41, 5.74) is 0.856. The average Bonchev–Trinajstić information content (AvgIpc) is 2.52. The second-order valence-corrected chi connectivity index (χ2v) is 7.75. The number of likely N-dealkylation sites (tertiary alicyclic amines) is 1. The molecule has 0 aliphatic carbocycles. The van der Waals surface area contributed by atoms with Gasteiger partial charge in [0.1, 0.15) is 5.82 Å². The monoisotopic (exact) mass is 377 g/mol. The Balaban J connectivity index is 1.92. The lowest BCUT2D eigenvalue weighted by atomic mass is 9.96. The molecule has 1 aliphatic heterocycles. The van der Waals surface area contributed by atoms with Gasteiger partial charge in [-0.05, 0) is 64.3 Å². The van der Waals surface area contributed by atoms with E-state index >= 15 is 0 Å². The van der Waals surface area contributed by atoms with Crippen molar-refractivity contribution in [1.29, 1.82) is 0 Å². The van der Waals surface area contributed by atoms with Crippen molar-refractivity contribution in [1.82, 2.24) is 14.5 Å². The predicted octanol–water partition coefficient (Wildman–Crippen LogP) is 3.59. The number of hydrogen-bond acceptors (Lipinski definition) is 3. The molecule has 1 aromatic carbocycles. The molecule has 3 rings (SSSR count). The minimum Gasteiger partial charge on any atom is -0.301 e. The van der Waals surface area contributed by atoms with E-state index in [0.717, 1.165) is 28.9 Å². The van der Waals surface area contributed by atoms with Gasteiger partial charge < -0.3 is 4.90 Å². The molecule has 0 spiro atoms. The smallest absolute Gasteiger partial charge is 0.261 e. The van der Waals surface area contributed by atoms with E-state index in [2.05, 4.69) is 39.7 Å². The van der Waals surface area contributed by atoms with Crippen LogP contribution in [0.3, 0.4) is 0 Å². The maximum atomic E-state index is 12.9. The summed E-state index contributed by atoms with van der Waals surface area (Å²) >= 11 is 3.45. The molecule has 23 heavy (non-hydrogen) atoms. The third-order valence-electron chi connectivity index (χ3n) is 4.83. The Morgan fingerprint density at radius 1 is 1.39 bits per heavy atom. The van der Waals surface area contributed by atoms with Crippen molar-refractivity contribution in [2.45, 2.75) is 46.2 Å². The molecule has 1 unspecified atom stereocenters. The van der Waals surface area contributed by atoms with Crippen LogP contribution in [0.2, 0.25) is 0 Å². The van der Waals surface area contributed by atoms with Gasteiger partial charge in [0.25, 0.3) is 5.56 Å². The highest BCUT2D eigenvalue weighted by molar-refractivity contribution is 9.10. The van der Waals surface area contributed by atoms with Gasteiger partial charge in [-0.3, -0.25) is 9.36 Å². The molecule has 1 atom stereocenters. The molecule has 0 bridgehead atoms. The quantitative estimate of drug-likeness (QED) is 0.819. The summed E-state index contributed by atoms with van der Waals surface area (Å²) in [6, 6.07) is 6.28. The third kappa shape index (κ3) is 3.50. The van der Waals surface area contributed by atoms with Gasteiger partial charge in [-0.25, -0.2) is 4.98 Å². The normalized spacial score (nSPS) is 19.6. The number of benzene rings is 1. The highest BCUT2D eigenvalue weighted by Gasteiger charge is 2.23. The van der Waals surface area contributed by atoms with Crippen LogP contribution in [-0.4, -0.2) is 33.6 Å². The molecular weight excluding hydrogens is 354 g/mol. The van der Waals surface area contributed by atoms with Gasteiger partial charge in [0.05, 0.1) is 10.9 Å². The zero-order chi connectivity index (χ0) is 16.6. The first-order valence-corrected chi connectivity index (χ1v) is 9.15. The van der Waals surface area contributed by atoms with Crippen molar-refractivity contribution >= 4 is 26.8 Å². The van der Waals surface area contributed by atoms with Crippen molar-refractivity contribution in [3.63, 3.8) is 0 Å². The van der Waals surface area contributed by atoms with Gasteiger partial charge >= 0.3 is 0 Å². The van der Waals surface area contributed by atoms with Gasteiger partial charge in [0.15, 0.2) is 0 Å². The van der Waals surface area contributed by atoms with Crippen LogP contribution >= 0.6 is 15.9 Å². The zero-order valence-electron chi connectivity index (χ0n) is 14.1. The SMILES string of the molecule is Cc1nc2ccc(Br)cc2c(=O)n1CC1CCCN(C(C)C)C1. The fourth-order valence-corrected chi connectivity index (χ4v) is 3.85. The summed E-state index contributed by atoms with van der Waals surface area (Å²) in [5.74, 6) is 1.33. The van der Waals surface area contributed by atoms with Crippen LogP contribution < -0.4 is 5.56 Å². The average molecular weight is 378 g/mol. The fraction of sp³-hybridized carbons (Fsp3) is 0.556. The molecule has 4 nitrogen and oxygen atoms in total. The highest BCUT2D eigenvalue weighted by atomic mass is 79.9. The number of nitrogens with zero attached hydrogens (tertiary/aromatic N) is 3. The summed E-state index contributed by atoms with van der Waals surface area (Å²) in [7, 11) is 0. The Labute approximate surface area is 145 Å². The molecule has 0 amide bonds. The van der Waals surface area contributed by atoms with E-state index in [0.29, 0.717) is 17.3 Å². The van der Waals surface area contributed by atoms with Crippen molar-refractivity contribution in [3.05, 3.63) is 38.9 Å². The van der Waals surface area contributed by atoms with Crippen LogP contribution in [0.1, 0.15) is 32.5 Å².